The van der Waals surface area contributed by atoms with E-state index in [4.69, 9.17) is 24.9 Å². The van der Waals surface area contributed by atoms with E-state index < -0.39 is 37.3 Å². The molecule has 274 valence electrons. The van der Waals surface area contributed by atoms with Gasteiger partial charge in [0.1, 0.15) is 35.9 Å². The zero-order valence-electron chi connectivity index (χ0n) is 28.9. The highest BCUT2D eigenvalue weighted by atomic mass is 16.7. The molecular weight excluding hydrogens is 640 g/mol. The standard InChI is InChI=1S/C38H54N4O8/c39-38-40-30-17-16-29(49-28-14-8-3-9-15-28)22-26(30)23-42(38)31(25-10-4-1-5-11-25)18-19-33(44)41(27-12-6-2-7-13-27)20-21-48-37-36(47)35(46)34(45)32(24-43)50-37/h3,8-9,14-17,22,25,27,31-32,34-37,43,45-47H,1-2,4-7,10-13,18-21,23-24H2,(H2,39,40)/t31-,32+,34+,35-,36+,37+/m0/s1. The average Bonchev–Trinajstić information content (AvgIpc) is 3.14. The summed E-state index contributed by atoms with van der Waals surface area (Å²) in [5, 5.41) is 40.3. The first kappa shape index (κ1) is 36.5. The Balaban J connectivity index is 1.14. The summed E-state index contributed by atoms with van der Waals surface area (Å²) < 4.78 is 17.5. The smallest absolute Gasteiger partial charge is 0.222 e. The fraction of sp³-hybridized carbons (Fsp3) is 0.632. The Kier molecular flexibility index (Phi) is 12.6. The third-order valence-corrected chi connectivity index (χ3v) is 10.9. The molecule has 0 unspecified atom stereocenters. The van der Waals surface area contributed by atoms with Crippen LogP contribution < -0.4 is 10.5 Å². The molecule has 0 aromatic heterocycles. The first-order valence-corrected chi connectivity index (χ1v) is 18.5. The molecule has 2 aromatic carbocycles. The highest BCUT2D eigenvalue weighted by Crippen LogP contribution is 2.37. The molecule has 2 heterocycles. The number of carbonyl (C=O) groups excluding carboxylic acids is 1. The van der Waals surface area contributed by atoms with Gasteiger partial charge in [0.05, 0.1) is 18.9 Å². The van der Waals surface area contributed by atoms with Crippen molar-refractivity contribution < 1.29 is 39.4 Å². The quantitative estimate of drug-likeness (QED) is 0.207. The number of rotatable bonds is 13. The summed E-state index contributed by atoms with van der Waals surface area (Å²) in [6.07, 6.45) is 5.11. The third-order valence-electron chi connectivity index (χ3n) is 10.9. The molecule has 0 spiro atoms. The SMILES string of the molecule is NC1=Nc2ccc(Oc3ccccc3)cc2CN1[C@@H](CCC(=O)N(CCO[C@@H]1O[C@H](CO)[C@@H](O)[C@H](O)[C@H]1O)C1CCCCC1)C1CCCCC1. The molecule has 6 rings (SSSR count). The fourth-order valence-corrected chi connectivity index (χ4v) is 8.18. The molecule has 1 saturated heterocycles. The number of guanidine groups is 1. The summed E-state index contributed by atoms with van der Waals surface area (Å²) >= 11 is 0. The second kappa shape index (κ2) is 17.3. The van der Waals surface area contributed by atoms with Crippen LogP contribution in [0.2, 0.25) is 0 Å². The van der Waals surface area contributed by atoms with Crippen LogP contribution in [0.1, 0.15) is 82.6 Å². The first-order valence-electron chi connectivity index (χ1n) is 18.5. The van der Waals surface area contributed by atoms with Crippen molar-refractivity contribution >= 4 is 17.6 Å². The number of aliphatic imine (C=N–C) groups is 1. The molecule has 0 radical (unpaired) electrons. The van der Waals surface area contributed by atoms with Crippen molar-refractivity contribution in [2.24, 2.45) is 16.6 Å². The molecule has 0 bridgehead atoms. The lowest BCUT2D eigenvalue weighted by Crippen LogP contribution is -2.59. The predicted octanol–water partition coefficient (Wildman–Crippen LogP) is 3.95. The molecule has 2 aliphatic heterocycles. The van der Waals surface area contributed by atoms with Crippen molar-refractivity contribution in [1.29, 1.82) is 0 Å². The van der Waals surface area contributed by atoms with E-state index in [2.05, 4.69) is 4.90 Å². The predicted molar refractivity (Wildman–Crippen MR) is 188 cm³/mol. The topological polar surface area (TPSA) is 171 Å². The minimum atomic E-state index is -1.51. The van der Waals surface area contributed by atoms with Crippen LogP contribution in [-0.2, 0) is 20.8 Å². The van der Waals surface area contributed by atoms with E-state index in [1.165, 1.54) is 6.42 Å². The Morgan fingerprint density at radius 2 is 1.66 bits per heavy atom. The van der Waals surface area contributed by atoms with E-state index in [9.17, 15) is 25.2 Å². The molecule has 3 fully saturated rings. The molecule has 1 amide bonds. The van der Waals surface area contributed by atoms with Gasteiger partial charge in [0, 0.05) is 37.2 Å². The first-order chi connectivity index (χ1) is 24.3. The van der Waals surface area contributed by atoms with Gasteiger partial charge in [0.2, 0.25) is 5.91 Å². The van der Waals surface area contributed by atoms with Gasteiger partial charge in [-0.2, -0.15) is 0 Å². The van der Waals surface area contributed by atoms with Crippen LogP contribution in [0, 0.1) is 5.92 Å². The molecule has 6 atom stereocenters. The van der Waals surface area contributed by atoms with E-state index in [1.807, 2.05) is 53.4 Å². The number of hydrogen-bond donors (Lipinski definition) is 5. The number of nitrogens with two attached hydrogens (primary N) is 1. The second-order valence-corrected chi connectivity index (χ2v) is 14.3. The maximum absolute atomic E-state index is 14.1. The zero-order valence-corrected chi connectivity index (χ0v) is 28.9. The molecule has 2 saturated carbocycles. The maximum Gasteiger partial charge on any atom is 0.222 e. The van der Waals surface area contributed by atoms with E-state index in [-0.39, 0.29) is 24.6 Å². The van der Waals surface area contributed by atoms with Crippen molar-refractivity contribution in [1.82, 2.24) is 9.80 Å². The van der Waals surface area contributed by atoms with Crippen molar-refractivity contribution in [3.8, 4) is 11.5 Å². The largest absolute Gasteiger partial charge is 0.457 e. The van der Waals surface area contributed by atoms with Crippen molar-refractivity contribution in [2.45, 2.75) is 126 Å². The normalized spacial score (nSPS) is 26.9. The molecule has 2 aromatic rings. The van der Waals surface area contributed by atoms with Gasteiger partial charge in [-0.3, -0.25) is 4.79 Å². The van der Waals surface area contributed by atoms with Gasteiger partial charge in [-0.25, -0.2) is 4.99 Å². The van der Waals surface area contributed by atoms with Crippen LogP contribution >= 0.6 is 0 Å². The van der Waals surface area contributed by atoms with Crippen LogP contribution in [0.5, 0.6) is 11.5 Å². The van der Waals surface area contributed by atoms with Gasteiger partial charge >= 0.3 is 0 Å². The van der Waals surface area contributed by atoms with E-state index in [0.717, 1.165) is 80.5 Å². The minimum absolute atomic E-state index is 0.0495. The van der Waals surface area contributed by atoms with Gasteiger partial charge in [-0.05, 0) is 68.4 Å². The van der Waals surface area contributed by atoms with Crippen LogP contribution in [0.15, 0.2) is 53.5 Å². The average molecular weight is 695 g/mol. The molecule has 4 aliphatic rings. The number of aliphatic hydroxyl groups excluding tert-OH is 4. The van der Waals surface area contributed by atoms with Gasteiger partial charge in [-0.15, -0.1) is 0 Å². The number of fused-ring (bicyclic) bond motifs is 1. The Hall–Kier alpha value is -3.26. The van der Waals surface area contributed by atoms with Crippen LogP contribution in [0.3, 0.4) is 0 Å². The summed E-state index contributed by atoms with van der Waals surface area (Å²) in [5.74, 6) is 2.44. The lowest BCUT2D eigenvalue weighted by atomic mass is 9.81. The number of hydrogen-bond acceptors (Lipinski definition) is 11. The maximum atomic E-state index is 14.1. The summed E-state index contributed by atoms with van der Waals surface area (Å²) in [4.78, 5) is 23.1. The molecule has 12 nitrogen and oxygen atoms in total. The number of carbonyl (C=O) groups is 1. The molecule has 12 heteroatoms. The van der Waals surface area contributed by atoms with Crippen molar-refractivity contribution in [3.63, 3.8) is 0 Å². The second-order valence-electron chi connectivity index (χ2n) is 14.3. The molecular formula is C38H54N4O8. The Morgan fingerprint density at radius 3 is 2.38 bits per heavy atom. The Morgan fingerprint density at radius 1 is 0.940 bits per heavy atom. The number of benzene rings is 2. The number of nitrogens with zero attached hydrogens (tertiary/aromatic N) is 3. The number of ether oxygens (including phenoxy) is 3. The summed E-state index contributed by atoms with van der Waals surface area (Å²) in [5.41, 5.74) is 8.55. The Bertz CT molecular complexity index is 1410. The zero-order chi connectivity index (χ0) is 35.0. The molecule has 50 heavy (non-hydrogen) atoms. The molecule has 2 aliphatic carbocycles. The fourth-order valence-electron chi connectivity index (χ4n) is 8.18. The summed E-state index contributed by atoms with van der Waals surface area (Å²) in [7, 11) is 0. The monoisotopic (exact) mass is 694 g/mol. The van der Waals surface area contributed by atoms with Crippen LogP contribution in [0.25, 0.3) is 0 Å². The van der Waals surface area contributed by atoms with Gasteiger partial charge in [0.25, 0.3) is 0 Å². The van der Waals surface area contributed by atoms with Crippen molar-refractivity contribution in [2.75, 3.05) is 19.8 Å². The van der Waals surface area contributed by atoms with Gasteiger partial charge in [0.15, 0.2) is 12.2 Å². The van der Waals surface area contributed by atoms with E-state index in [0.29, 0.717) is 37.8 Å². The Labute approximate surface area is 294 Å². The molecule has 6 N–H and O–H groups in total. The number of amides is 1. The highest BCUT2D eigenvalue weighted by Gasteiger charge is 2.44. The van der Waals surface area contributed by atoms with Gasteiger partial charge < -0.3 is 50.2 Å². The van der Waals surface area contributed by atoms with Crippen LogP contribution in [-0.4, -0.2) is 105 Å². The number of para-hydroxylation sites is 1. The van der Waals surface area contributed by atoms with Gasteiger partial charge in [-0.1, -0.05) is 56.7 Å². The van der Waals surface area contributed by atoms with Crippen LogP contribution in [0.4, 0.5) is 5.69 Å². The van der Waals surface area contributed by atoms with Crippen molar-refractivity contribution in [3.05, 3.63) is 54.1 Å². The highest BCUT2D eigenvalue weighted by molar-refractivity contribution is 5.84. The summed E-state index contributed by atoms with van der Waals surface area (Å²) in [6.45, 7) is 0.440. The minimum Gasteiger partial charge on any atom is -0.457 e. The van der Waals surface area contributed by atoms with E-state index in [1.54, 1.807) is 0 Å². The van der Waals surface area contributed by atoms with E-state index >= 15 is 0 Å². The third kappa shape index (κ3) is 8.78. The lowest BCUT2D eigenvalue weighted by molar-refractivity contribution is -0.301. The number of aliphatic hydroxyl groups is 4. The summed E-state index contributed by atoms with van der Waals surface area (Å²) in [6, 6.07) is 15.7. The lowest BCUT2D eigenvalue weighted by Gasteiger charge is -2.42.